The molecule has 0 aliphatic heterocycles. The number of aromatic amines is 1. The molecule has 0 spiro atoms. The summed E-state index contributed by atoms with van der Waals surface area (Å²) < 4.78 is 26.6. The molecule has 1 amide bonds. The molecule has 0 saturated heterocycles. The molecule has 0 radical (unpaired) electrons. The van der Waals surface area contributed by atoms with Crippen LogP contribution in [0.25, 0.3) is 10.9 Å². The van der Waals surface area contributed by atoms with E-state index in [2.05, 4.69) is 10.3 Å². The third-order valence-electron chi connectivity index (χ3n) is 4.01. The number of halogens is 2. The van der Waals surface area contributed by atoms with E-state index in [1.165, 1.54) is 0 Å². The topological polar surface area (TPSA) is 62.0 Å². The fourth-order valence-corrected chi connectivity index (χ4v) is 2.51. The van der Waals surface area contributed by atoms with Crippen LogP contribution in [-0.4, -0.2) is 10.9 Å². The summed E-state index contributed by atoms with van der Waals surface area (Å²) in [5, 5.41) is 3.40. The summed E-state index contributed by atoms with van der Waals surface area (Å²) in [5.74, 6) is -2.38. The molecule has 2 aromatic carbocycles. The zero-order valence-corrected chi connectivity index (χ0v) is 13.0. The van der Waals surface area contributed by atoms with Gasteiger partial charge in [0.15, 0.2) is 0 Å². The number of carbonyl (C=O) groups is 1. The number of amides is 1. The molecule has 4 nitrogen and oxygen atoms in total. The molecule has 0 fully saturated rings. The molecule has 0 aliphatic carbocycles. The van der Waals surface area contributed by atoms with Crippen molar-refractivity contribution >= 4 is 22.5 Å². The van der Waals surface area contributed by atoms with Gasteiger partial charge in [0.25, 0.3) is 11.5 Å². The Balaban J connectivity index is 1.97. The number of hydrogen-bond donors (Lipinski definition) is 2. The van der Waals surface area contributed by atoms with Crippen LogP contribution < -0.4 is 10.9 Å². The second-order valence-corrected chi connectivity index (χ2v) is 5.54. The van der Waals surface area contributed by atoms with Crippen LogP contribution in [0.5, 0.6) is 0 Å². The Morgan fingerprint density at radius 2 is 1.79 bits per heavy atom. The van der Waals surface area contributed by atoms with E-state index in [-0.39, 0.29) is 11.1 Å². The molecule has 6 heteroatoms. The Morgan fingerprint density at radius 1 is 1.04 bits per heavy atom. The zero-order valence-electron chi connectivity index (χ0n) is 13.0. The van der Waals surface area contributed by atoms with Crippen LogP contribution in [0.2, 0.25) is 0 Å². The smallest absolute Gasteiger partial charge is 0.258 e. The van der Waals surface area contributed by atoms with Crippen molar-refractivity contribution in [3.05, 3.63) is 75.1 Å². The van der Waals surface area contributed by atoms with Gasteiger partial charge in [-0.2, -0.15) is 0 Å². The summed E-state index contributed by atoms with van der Waals surface area (Å²) in [6, 6.07) is 7.77. The van der Waals surface area contributed by atoms with E-state index in [9.17, 15) is 18.4 Å². The normalized spacial score (nSPS) is 10.8. The van der Waals surface area contributed by atoms with Gasteiger partial charge in [0.1, 0.15) is 11.6 Å². The lowest BCUT2D eigenvalue weighted by molar-refractivity contribution is 0.102. The second kappa shape index (κ2) is 5.88. The van der Waals surface area contributed by atoms with E-state index in [1.54, 1.807) is 25.1 Å². The number of aromatic nitrogens is 1. The van der Waals surface area contributed by atoms with Gasteiger partial charge in [-0.05, 0) is 43.7 Å². The Hall–Kier alpha value is -3.02. The number of hydrogen-bond acceptors (Lipinski definition) is 2. The van der Waals surface area contributed by atoms with Crippen molar-refractivity contribution in [1.29, 1.82) is 0 Å². The van der Waals surface area contributed by atoms with Crippen LogP contribution in [0, 0.1) is 25.5 Å². The predicted octanol–water partition coefficient (Wildman–Crippen LogP) is 3.68. The van der Waals surface area contributed by atoms with Gasteiger partial charge >= 0.3 is 0 Å². The Morgan fingerprint density at radius 3 is 2.50 bits per heavy atom. The maximum absolute atomic E-state index is 13.7. The highest BCUT2D eigenvalue weighted by molar-refractivity contribution is 6.05. The lowest BCUT2D eigenvalue weighted by Gasteiger charge is -2.09. The second-order valence-electron chi connectivity index (χ2n) is 5.54. The summed E-state index contributed by atoms with van der Waals surface area (Å²) >= 11 is 0. The lowest BCUT2D eigenvalue weighted by atomic mass is 10.1. The first-order chi connectivity index (χ1) is 11.4. The van der Waals surface area contributed by atoms with E-state index in [4.69, 9.17) is 0 Å². The standard InChI is InChI=1S/C18H14F2N2O2/c1-9-10(2)17(23)22-16-8-12(4-6-13(9)16)21-18(24)14-5-3-11(19)7-15(14)20/h3-8H,1-2H3,(H,21,24)(H,22,23). The number of fused-ring (bicyclic) bond motifs is 1. The molecule has 0 saturated carbocycles. The van der Waals surface area contributed by atoms with Gasteiger partial charge in [-0.3, -0.25) is 9.59 Å². The maximum atomic E-state index is 13.7. The van der Waals surface area contributed by atoms with E-state index in [0.29, 0.717) is 22.8 Å². The van der Waals surface area contributed by atoms with Crippen LogP contribution in [0.1, 0.15) is 21.5 Å². The zero-order chi connectivity index (χ0) is 17.4. The molecule has 0 aliphatic rings. The van der Waals surface area contributed by atoms with Gasteiger partial charge in [0, 0.05) is 22.7 Å². The number of nitrogens with one attached hydrogen (secondary N) is 2. The predicted molar refractivity (Wildman–Crippen MR) is 88.4 cm³/mol. The van der Waals surface area contributed by atoms with Gasteiger partial charge in [-0.25, -0.2) is 8.78 Å². The average molecular weight is 328 g/mol. The minimum Gasteiger partial charge on any atom is -0.322 e. The fraction of sp³-hybridized carbons (Fsp3) is 0.111. The van der Waals surface area contributed by atoms with Crippen molar-refractivity contribution in [2.45, 2.75) is 13.8 Å². The Kier molecular flexibility index (Phi) is 3.89. The monoisotopic (exact) mass is 328 g/mol. The van der Waals surface area contributed by atoms with E-state index < -0.39 is 17.5 Å². The number of benzene rings is 2. The van der Waals surface area contributed by atoms with Crippen LogP contribution in [0.4, 0.5) is 14.5 Å². The van der Waals surface area contributed by atoms with Gasteiger partial charge < -0.3 is 10.3 Å². The highest BCUT2D eigenvalue weighted by Gasteiger charge is 2.13. The van der Waals surface area contributed by atoms with E-state index in [0.717, 1.165) is 23.1 Å². The fourth-order valence-electron chi connectivity index (χ4n) is 2.51. The van der Waals surface area contributed by atoms with Crippen molar-refractivity contribution in [2.75, 3.05) is 5.32 Å². The first-order valence-corrected chi connectivity index (χ1v) is 7.26. The lowest BCUT2D eigenvalue weighted by Crippen LogP contribution is -2.15. The number of rotatable bonds is 2. The van der Waals surface area contributed by atoms with Crippen LogP contribution >= 0.6 is 0 Å². The summed E-state index contributed by atoms with van der Waals surface area (Å²) in [6.07, 6.45) is 0. The van der Waals surface area contributed by atoms with Crippen LogP contribution in [0.3, 0.4) is 0 Å². The first-order valence-electron chi connectivity index (χ1n) is 7.26. The van der Waals surface area contributed by atoms with Crippen molar-refractivity contribution in [1.82, 2.24) is 4.98 Å². The molecule has 2 N–H and O–H groups in total. The summed E-state index contributed by atoms with van der Waals surface area (Å²) in [7, 11) is 0. The molecule has 0 unspecified atom stereocenters. The molecule has 1 heterocycles. The Labute approximate surface area is 136 Å². The first kappa shape index (κ1) is 15.9. The maximum Gasteiger partial charge on any atom is 0.258 e. The molecular formula is C18H14F2N2O2. The molecule has 3 rings (SSSR count). The molecular weight excluding hydrogens is 314 g/mol. The highest BCUT2D eigenvalue weighted by atomic mass is 19.1. The number of aryl methyl sites for hydroxylation is 1. The van der Waals surface area contributed by atoms with Crippen LogP contribution in [-0.2, 0) is 0 Å². The van der Waals surface area contributed by atoms with E-state index >= 15 is 0 Å². The molecule has 24 heavy (non-hydrogen) atoms. The van der Waals surface area contributed by atoms with Crippen molar-refractivity contribution in [3.63, 3.8) is 0 Å². The summed E-state index contributed by atoms with van der Waals surface area (Å²) in [6.45, 7) is 3.58. The number of carbonyl (C=O) groups excluding carboxylic acids is 1. The minimum atomic E-state index is -0.937. The van der Waals surface area contributed by atoms with Crippen molar-refractivity contribution < 1.29 is 13.6 Å². The third kappa shape index (κ3) is 2.78. The molecule has 122 valence electrons. The van der Waals surface area contributed by atoms with Crippen molar-refractivity contribution in [2.24, 2.45) is 0 Å². The SMILES string of the molecule is Cc1c(C)c2ccc(NC(=O)c3ccc(F)cc3F)cc2[nH]c1=O. The van der Waals surface area contributed by atoms with Crippen LogP contribution in [0.15, 0.2) is 41.2 Å². The minimum absolute atomic E-state index is 0.201. The highest BCUT2D eigenvalue weighted by Crippen LogP contribution is 2.21. The number of H-pyrrole nitrogens is 1. The quantitative estimate of drug-likeness (QED) is 0.754. The van der Waals surface area contributed by atoms with Gasteiger partial charge in [0.05, 0.1) is 11.1 Å². The van der Waals surface area contributed by atoms with E-state index in [1.807, 2.05) is 6.92 Å². The summed E-state index contributed by atoms with van der Waals surface area (Å²) in [5.41, 5.74) is 2.00. The number of anilines is 1. The number of pyridine rings is 1. The third-order valence-corrected chi connectivity index (χ3v) is 4.01. The molecule has 0 atom stereocenters. The van der Waals surface area contributed by atoms with Gasteiger partial charge in [-0.15, -0.1) is 0 Å². The molecule has 3 aromatic rings. The molecule has 1 aromatic heterocycles. The van der Waals surface area contributed by atoms with Gasteiger partial charge in [-0.1, -0.05) is 6.07 Å². The average Bonchev–Trinajstić information content (AvgIpc) is 2.52. The Bertz CT molecular complexity index is 1030. The summed E-state index contributed by atoms with van der Waals surface area (Å²) in [4.78, 5) is 26.7. The van der Waals surface area contributed by atoms with Crippen molar-refractivity contribution in [3.8, 4) is 0 Å². The van der Waals surface area contributed by atoms with Gasteiger partial charge in [0.2, 0.25) is 0 Å². The molecule has 0 bridgehead atoms. The largest absolute Gasteiger partial charge is 0.322 e.